The number of nitrogens with zero attached hydrogens (tertiary/aromatic N) is 1. The fourth-order valence-electron chi connectivity index (χ4n) is 2.06. The number of hydrogen-bond donors (Lipinski definition) is 3. The lowest BCUT2D eigenvalue weighted by molar-refractivity contribution is 0.0418. The third-order valence-electron chi connectivity index (χ3n) is 3.92. The van der Waals surface area contributed by atoms with Crippen molar-refractivity contribution in [1.82, 2.24) is 10.6 Å². The predicted molar refractivity (Wildman–Crippen MR) is 94.5 cm³/mol. The first-order chi connectivity index (χ1) is 10.4. The van der Waals surface area contributed by atoms with Crippen molar-refractivity contribution in [3.05, 3.63) is 34.9 Å². The maximum Gasteiger partial charge on any atom is 0.191 e. The van der Waals surface area contributed by atoms with Crippen LogP contribution in [-0.4, -0.2) is 29.8 Å². The van der Waals surface area contributed by atoms with E-state index in [0.717, 1.165) is 17.1 Å². The SMILES string of the molecule is CCNC(=NCC(O)(CC)CC)NC(C)c1ccc(Cl)cc1. The van der Waals surface area contributed by atoms with Gasteiger partial charge in [-0.25, -0.2) is 0 Å². The summed E-state index contributed by atoms with van der Waals surface area (Å²) in [5.41, 5.74) is 0.405. The van der Waals surface area contributed by atoms with Gasteiger partial charge in [0.25, 0.3) is 0 Å². The summed E-state index contributed by atoms with van der Waals surface area (Å²) < 4.78 is 0. The van der Waals surface area contributed by atoms with Crippen LogP contribution in [0.4, 0.5) is 0 Å². The molecule has 0 aromatic heterocycles. The fourth-order valence-corrected chi connectivity index (χ4v) is 2.19. The monoisotopic (exact) mass is 325 g/mol. The van der Waals surface area contributed by atoms with Gasteiger partial charge in [0.05, 0.1) is 18.2 Å². The highest BCUT2D eigenvalue weighted by Crippen LogP contribution is 2.17. The van der Waals surface area contributed by atoms with Crippen molar-refractivity contribution in [3.63, 3.8) is 0 Å². The zero-order valence-electron chi connectivity index (χ0n) is 14.0. The Morgan fingerprint density at radius 1 is 1.23 bits per heavy atom. The van der Waals surface area contributed by atoms with E-state index >= 15 is 0 Å². The Hall–Kier alpha value is -1.26. The molecule has 0 aliphatic heterocycles. The number of guanidine groups is 1. The molecule has 124 valence electrons. The summed E-state index contributed by atoms with van der Waals surface area (Å²) in [7, 11) is 0. The lowest BCUT2D eigenvalue weighted by atomic mass is 9.98. The molecule has 4 nitrogen and oxygen atoms in total. The molecule has 0 aliphatic carbocycles. The summed E-state index contributed by atoms with van der Waals surface area (Å²) in [6, 6.07) is 7.86. The minimum atomic E-state index is -0.730. The van der Waals surface area contributed by atoms with Gasteiger partial charge in [0, 0.05) is 11.6 Å². The van der Waals surface area contributed by atoms with E-state index in [1.165, 1.54) is 0 Å². The van der Waals surface area contributed by atoms with E-state index in [1.54, 1.807) is 0 Å². The second-order valence-electron chi connectivity index (χ2n) is 5.54. The zero-order valence-corrected chi connectivity index (χ0v) is 14.7. The van der Waals surface area contributed by atoms with Gasteiger partial charge in [-0.15, -0.1) is 0 Å². The molecule has 1 aromatic carbocycles. The molecule has 3 N–H and O–H groups in total. The lowest BCUT2D eigenvalue weighted by Gasteiger charge is -2.24. The first-order valence-electron chi connectivity index (χ1n) is 7.96. The summed E-state index contributed by atoms with van der Waals surface area (Å²) in [4.78, 5) is 4.53. The van der Waals surface area contributed by atoms with E-state index < -0.39 is 5.60 Å². The summed E-state index contributed by atoms with van der Waals surface area (Å²) in [6.45, 7) is 9.22. The number of aliphatic imine (C=N–C) groups is 1. The van der Waals surface area contributed by atoms with Crippen LogP contribution in [-0.2, 0) is 0 Å². The van der Waals surface area contributed by atoms with Crippen LogP contribution in [0, 0.1) is 0 Å². The van der Waals surface area contributed by atoms with Crippen molar-refractivity contribution < 1.29 is 5.11 Å². The minimum absolute atomic E-state index is 0.103. The van der Waals surface area contributed by atoms with Crippen molar-refractivity contribution in [3.8, 4) is 0 Å². The van der Waals surface area contributed by atoms with Crippen molar-refractivity contribution in [2.75, 3.05) is 13.1 Å². The second-order valence-corrected chi connectivity index (χ2v) is 5.98. The van der Waals surface area contributed by atoms with E-state index in [2.05, 4.69) is 22.5 Å². The van der Waals surface area contributed by atoms with E-state index in [1.807, 2.05) is 45.0 Å². The van der Waals surface area contributed by atoms with Crippen LogP contribution < -0.4 is 10.6 Å². The number of hydrogen-bond acceptors (Lipinski definition) is 2. The quantitative estimate of drug-likeness (QED) is 0.531. The number of aliphatic hydroxyl groups is 1. The van der Waals surface area contributed by atoms with Gasteiger partial charge >= 0.3 is 0 Å². The second kappa shape index (κ2) is 9.01. The van der Waals surface area contributed by atoms with Gasteiger partial charge in [-0.3, -0.25) is 4.99 Å². The highest BCUT2D eigenvalue weighted by molar-refractivity contribution is 6.30. The molecule has 0 saturated heterocycles. The molecule has 0 aliphatic rings. The number of nitrogens with one attached hydrogen (secondary N) is 2. The molecule has 0 fully saturated rings. The maximum atomic E-state index is 10.4. The van der Waals surface area contributed by atoms with Gasteiger partial charge in [0.15, 0.2) is 5.96 Å². The molecule has 5 heteroatoms. The third-order valence-corrected chi connectivity index (χ3v) is 4.17. The average molecular weight is 326 g/mol. The van der Waals surface area contributed by atoms with Gasteiger partial charge < -0.3 is 15.7 Å². The molecule has 1 atom stereocenters. The van der Waals surface area contributed by atoms with E-state index in [9.17, 15) is 5.11 Å². The molecule has 0 saturated carbocycles. The van der Waals surface area contributed by atoms with Crippen LogP contribution in [0.15, 0.2) is 29.3 Å². The van der Waals surface area contributed by atoms with E-state index in [4.69, 9.17) is 11.6 Å². The van der Waals surface area contributed by atoms with E-state index in [-0.39, 0.29) is 6.04 Å². The Labute approximate surface area is 139 Å². The predicted octanol–water partition coefficient (Wildman–Crippen LogP) is 3.51. The highest BCUT2D eigenvalue weighted by atomic mass is 35.5. The van der Waals surface area contributed by atoms with Crippen molar-refractivity contribution in [2.45, 2.75) is 52.2 Å². The number of rotatable bonds is 7. The third kappa shape index (κ3) is 5.85. The van der Waals surface area contributed by atoms with Crippen LogP contribution in [0.3, 0.4) is 0 Å². The Balaban J connectivity index is 2.76. The van der Waals surface area contributed by atoms with E-state index in [0.29, 0.717) is 25.3 Å². The molecule has 1 unspecified atom stereocenters. The maximum absolute atomic E-state index is 10.4. The largest absolute Gasteiger partial charge is 0.388 e. The fraction of sp³-hybridized carbons (Fsp3) is 0.588. The molecule has 0 radical (unpaired) electrons. The van der Waals surface area contributed by atoms with Crippen molar-refractivity contribution >= 4 is 17.6 Å². The smallest absolute Gasteiger partial charge is 0.191 e. The lowest BCUT2D eigenvalue weighted by Crippen LogP contribution is -2.40. The molecule has 0 amide bonds. The molecule has 1 rings (SSSR count). The van der Waals surface area contributed by atoms with Crippen LogP contribution in [0.1, 0.15) is 52.1 Å². The molecular formula is C17H28ClN3O. The molecule has 22 heavy (non-hydrogen) atoms. The Morgan fingerprint density at radius 2 is 1.82 bits per heavy atom. The first kappa shape index (κ1) is 18.8. The minimum Gasteiger partial charge on any atom is -0.388 e. The summed E-state index contributed by atoms with van der Waals surface area (Å²) in [6.07, 6.45) is 1.39. The molecular weight excluding hydrogens is 298 g/mol. The summed E-state index contributed by atoms with van der Waals surface area (Å²) >= 11 is 5.92. The van der Waals surface area contributed by atoms with Gasteiger partial charge in [0.2, 0.25) is 0 Å². The van der Waals surface area contributed by atoms with Crippen LogP contribution in [0.5, 0.6) is 0 Å². The van der Waals surface area contributed by atoms with Crippen LogP contribution >= 0.6 is 11.6 Å². The normalized spacial score (nSPS) is 13.8. The Kier molecular flexibility index (Phi) is 7.69. The van der Waals surface area contributed by atoms with Gasteiger partial charge in [0.1, 0.15) is 0 Å². The first-order valence-corrected chi connectivity index (χ1v) is 8.34. The van der Waals surface area contributed by atoms with Crippen LogP contribution in [0.2, 0.25) is 5.02 Å². The van der Waals surface area contributed by atoms with Gasteiger partial charge in [-0.2, -0.15) is 0 Å². The Bertz CT molecular complexity index is 469. The number of halogens is 1. The molecule has 1 aromatic rings. The van der Waals surface area contributed by atoms with Gasteiger partial charge in [-0.05, 0) is 44.4 Å². The molecule has 0 spiro atoms. The average Bonchev–Trinajstić information content (AvgIpc) is 2.53. The summed E-state index contributed by atoms with van der Waals surface area (Å²) in [5.74, 6) is 0.713. The number of benzene rings is 1. The van der Waals surface area contributed by atoms with Gasteiger partial charge in [-0.1, -0.05) is 37.6 Å². The van der Waals surface area contributed by atoms with Crippen molar-refractivity contribution in [1.29, 1.82) is 0 Å². The molecule has 0 bridgehead atoms. The molecule has 0 heterocycles. The summed E-state index contributed by atoms with van der Waals surface area (Å²) in [5, 5.41) is 17.7. The van der Waals surface area contributed by atoms with Crippen molar-refractivity contribution in [2.24, 2.45) is 4.99 Å². The topological polar surface area (TPSA) is 56.7 Å². The standard InChI is InChI=1S/C17H28ClN3O/c1-5-17(22,6-2)12-20-16(19-7-3)21-13(4)14-8-10-15(18)11-9-14/h8-11,13,22H,5-7,12H2,1-4H3,(H2,19,20,21). The van der Waals surface area contributed by atoms with Crippen LogP contribution in [0.25, 0.3) is 0 Å². The highest BCUT2D eigenvalue weighted by Gasteiger charge is 2.21. The zero-order chi connectivity index (χ0) is 16.6. The Morgan fingerprint density at radius 3 is 2.32 bits per heavy atom.